The average Bonchev–Trinajstić information content (AvgIpc) is 2.86. The molecule has 0 radical (unpaired) electrons. The van der Waals surface area contributed by atoms with Crippen LogP contribution in [0.1, 0.15) is 39.5 Å². The van der Waals surface area contributed by atoms with Gasteiger partial charge in [0.05, 0.1) is 29.9 Å². The Bertz CT molecular complexity index is 622. The van der Waals surface area contributed by atoms with Gasteiger partial charge in [-0.3, -0.25) is 0 Å². The molecule has 1 unspecified atom stereocenters. The van der Waals surface area contributed by atoms with Crippen LogP contribution >= 0.6 is 11.3 Å². The fraction of sp³-hybridized carbons (Fsp3) is 0.333. The first-order valence-corrected chi connectivity index (χ1v) is 7.26. The molecule has 0 saturated heterocycles. The summed E-state index contributed by atoms with van der Waals surface area (Å²) in [5.74, 6) is -0.314. The van der Waals surface area contributed by atoms with Gasteiger partial charge < -0.3 is 10.1 Å². The van der Waals surface area contributed by atoms with Gasteiger partial charge >= 0.3 is 5.97 Å². The molecule has 20 heavy (non-hydrogen) atoms. The molecule has 5 heteroatoms. The van der Waals surface area contributed by atoms with Gasteiger partial charge in [0.1, 0.15) is 0 Å². The van der Waals surface area contributed by atoms with Crippen LogP contribution in [0.15, 0.2) is 23.7 Å². The fourth-order valence-corrected chi connectivity index (χ4v) is 2.91. The van der Waals surface area contributed by atoms with Gasteiger partial charge in [0.25, 0.3) is 0 Å². The van der Waals surface area contributed by atoms with E-state index < -0.39 is 0 Å². The number of thiazole rings is 1. The number of carbonyl (C=O) groups excluding carboxylic acids is 1. The quantitative estimate of drug-likeness (QED) is 0.872. The van der Waals surface area contributed by atoms with E-state index in [4.69, 9.17) is 4.74 Å². The molecule has 0 aliphatic heterocycles. The summed E-state index contributed by atoms with van der Waals surface area (Å²) >= 11 is 1.65. The lowest BCUT2D eigenvalue weighted by atomic mass is 10.1. The third-order valence-corrected chi connectivity index (χ3v) is 4.31. The Morgan fingerprint density at radius 2 is 2.15 bits per heavy atom. The Morgan fingerprint density at radius 3 is 2.70 bits per heavy atom. The van der Waals surface area contributed by atoms with Crippen molar-refractivity contribution < 1.29 is 9.53 Å². The minimum atomic E-state index is -0.314. The molecule has 0 amide bonds. The van der Waals surface area contributed by atoms with Crippen molar-refractivity contribution in [3.05, 3.63) is 45.4 Å². The molecule has 2 aromatic rings. The van der Waals surface area contributed by atoms with Crippen molar-refractivity contribution in [2.75, 3.05) is 12.4 Å². The fourth-order valence-electron chi connectivity index (χ4n) is 2.10. The highest BCUT2D eigenvalue weighted by atomic mass is 32.1. The van der Waals surface area contributed by atoms with E-state index in [-0.39, 0.29) is 12.0 Å². The number of anilines is 1. The highest BCUT2D eigenvalue weighted by Crippen LogP contribution is 2.27. The van der Waals surface area contributed by atoms with E-state index in [1.165, 1.54) is 12.0 Å². The van der Waals surface area contributed by atoms with Crippen LogP contribution in [0.3, 0.4) is 0 Å². The summed E-state index contributed by atoms with van der Waals surface area (Å²) in [6, 6.07) is 5.70. The molecule has 1 heterocycles. The first kappa shape index (κ1) is 14.5. The lowest BCUT2D eigenvalue weighted by Gasteiger charge is -2.16. The maximum absolute atomic E-state index is 11.5. The van der Waals surface area contributed by atoms with Crippen LogP contribution in [0.2, 0.25) is 0 Å². The van der Waals surface area contributed by atoms with Crippen LogP contribution in [0.25, 0.3) is 0 Å². The van der Waals surface area contributed by atoms with Crippen molar-refractivity contribution >= 4 is 23.0 Å². The number of aryl methyl sites for hydroxylation is 2. The number of hydrogen-bond acceptors (Lipinski definition) is 5. The van der Waals surface area contributed by atoms with E-state index in [0.717, 1.165) is 16.9 Å². The number of nitrogens with zero attached hydrogens (tertiary/aromatic N) is 1. The number of carbonyl (C=O) groups is 1. The first-order chi connectivity index (χ1) is 9.52. The molecule has 1 aromatic carbocycles. The topological polar surface area (TPSA) is 51.2 Å². The van der Waals surface area contributed by atoms with E-state index in [1.807, 2.05) is 31.5 Å². The molecular weight excluding hydrogens is 272 g/mol. The third kappa shape index (κ3) is 2.99. The van der Waals surface area contributed by atoms with Crippen LogP contribution in [0.5, 0.6) is 0 Å². The lowest BCUT2D eigenvalue weighted by molar-refractivity contribution is 0.0600. The Hall–Kier alpha value is -1.88. The third-order valence-electron chi connectivity index (χ3n) is 3.20. The molecular formula is C15H18N2O2S. The number of methoxy groups -OCH3 is 1. The van der Waals surface area contributed by atoms with Gasteiger partial charge in [0.15, 0.2) is 0 Å². The number of hydrogen-bond donors (Lipinski definition) is 1. The predicted molar refractivity (Wildman–Crippen MR) is 81.4 cm³/mol. The summed E-state index contributed by atoms with van der Waals surface area (Å²) in [7, 11) is 1.39. The van der Waals surface area contributed by atoms with E-state index in [9.17, 15) is 4.79 Å². The molecule has 106 valence electrons. The maximum atomic E-state index is 11.5. The molecule has 0 aliphatic carbocycles. The molecule has 1 aromatic heterocycles. The van der Waals surface area contributed by atoms with Crippen molar-refractivity contribution in [1.29, 1.82) is 0 Å². The summed E-state index contributed by atoms with van der Waals surface area (Å²) in [6.45, 7) is 6.09. The van der Waals surface area contributed by atoms with Gasteiger partial charge in [-0.15, -0.1) is 11.3 Å². The van der Waals surface area contributed by atoms with Gasteiger partial charge in [-0.05, 0) is 44.5 Å². The zero-order valence-electron chi connectivity index (χ0n) is 12.1. The molecule has 0 aliphatic rings. The Morgan fingerprint density at radius 1 is 1.40 bits per heavy atom. The van der Waals surface area contributed by atoms with Crippen LogP contribution in [-0.4, -0.2) is 18.1 Å². The second-order valence-corrected chi connectivity index (χ2v) is 5.58. The minimum absolute atomic E-state index is 0.185. The van der Waals surface area contributed by atoms with Crippen LogP contribution < -0.4 is 5.32 Å². The Labute approximate surface area is 122 Å². The highest BCUT2D eigenvalue weighted by Gasteiger charge is 2.13. The number of aromatic nitrogens is 1. The molecule has 1 atom stereocenters. The van der Waals surface area contributed by atoms with Crippen molar-refractivity contribution in [3.8, 4) is 0 Å². The van der Waals surface area contributed by atoms with Gasteiger partial charge in [-0.2, -0.15) is 0 Å². The smallest absolute Gasteiger partial charge is 0.337 e. The zero-order valence-corrected chi connectivity index (χ0v) is 12.9. The van der Waals surface area contributed by atoms with Gasteiger partial charge in [0.2, 0.25) is 0 Å². The Kier molecular flexibility index (Phi) is 4.39. The van der Waals surface area contributed by atoms with Crippen molar-refractivity contribution in [3.63, 3.8) is 0 Å². The van der Waals surface area contributed by atoms with Crippen LogP contribution in [0, 0.1) is 13.8 Å². The van der Waals surface area contributed by atoms with E-state index >= 15 is 0 Å². The first-order valence-electron chi connectivity index (χ1n) is 6.38. The summed E-state index contributed by atoms with van der Waals surface area (Å²) in [5.41, 5.74) is 5.51. The number of benzene rings is 1. The zero-order chi connectivity index (χ0) is 14.7. The van der Waals surface area contributed by atoms with E-state index in [1.54, 1.807) is 17.4 Å². The highest BCUT2D eigenvalue weighted by molar-refractivity contribution is 7.09. The molecule has 0 fully saturated rings. The summed E-state index contributed by atoms with van der Waals surface area (Å²) in [6.07, 6.45) is 0. The summed E-state index contributed by atoms with van der Waals surface area (Å²) < 4.78 is 4.72. The number of esters is 1. The van der Waals surface area contributed by atoms with Gasteiger partial charge in [0, 0.05) is 10.6 Å². The molecule has 2 rings (SSSR count). The SMILES string of the molecule is COC(=O)c1ccc(NC(C)c2scnc2C)c(C)c1. The molecule has 0 bridgehead atoms. The van der Waals surface area contributed by atoms with Crippen molar-refractivity contribution in [1.82, 2.24) is 4.98 Å². The largest absolute Gasteiger partial charge is 0.465 e. The maximum Gasteiger partial charge on any atom is 0.337 e. The van der Waals surface area contributed by atoms with E-state index in [0.29, 0.717) is 5.56 Å². The molecule has 0 saturated carbocycles. The second kappa shape index (κ2) is 6.05. The van der Waals surface area contributed by atoms with Crippen molar-refractivity contribution in [2.24, 2.45) is 0 Å². The van der Waals surface area contributed by atoms with Gasteiger partial charge in [-0.1, -0.05) is 0 Å². The Balaban J connectivity index is 2.18. The lowest BCUT2D eigenvalue weighted by Crippen LogP contribution is -2.08. The molecule has 0 spiro atoms. The second-order valence-electron chi connectivity index (χ2n) is 4.69. The number of rotatable bonds is 4. The van der Waals surface area contributed by atoms with Crippen LogP contribution in [-0.2, 0) is 4.74 Å². The number of ether oxygens (including phenoxy) is 1. The van der Waals surface area contributed by atoms with Crippen LogP contribution in [0.4, 0.5) is 5.69 Å². The minimum Gasteiger partial charge on any atom is -0.465 e. The summed E-state index contributed by atoms with van der Waals surface area (Å²) in [5, 5.41) is 3.46. The van der Waals surface area contributed by atoms with Gasteiger partial charge in [-0.25, -0.2) is 9.78 Å². The standard InChI is InChI=1S/C15H18N2O2S/c1-9-7-12(15(18)19-4)5-6-13(9)17-11(3)14-10(2)16-8-20-14/h5-8,11,17H,1-4H3. The molecule has 4 nitrogen and oxygen atoms in total. The summed E-state index contributed by atoms with van der Waals surface area (Å²) in [4.78, 5) is 17.0. The normalized spacial score (nSPS) is 12.0. The van der Waals surface area contributed by atoms with E-state index in [2.05, 4.69) is 17.2 Å². The van der Waals surface area contributed by atoms with Crippen molar-refractivity contribution in [2.45, 2.75) is 26.8 Å². The predicted octanol–water partition coefficient (Wildman–Crippen LogP) is 3.72. The monoisotopic (exact) mass is 290 g/mol. The number of nitrogens with one attached hydrogen (secondary N) is 1. The molecule has 1 N–H and O–H groups in total. The average molecular weight is 290 g/mol.